The highest BCUT2D eigenvalue weighted by atomic mass is 16.8. The smallest absolute Gasteiger partial charge is 0.209 e. The molecule has 0 spiro atoms. The van der Waals surface area contributed by atoms with E-state index in [1.165, 1.54) is 12.3 Å². The van der Waals surface area contributed by atoms with Gasteiger partial charge in [-0.15, -0.1) is 0 Å². The van der Waals surface area contributed by atoms with Gasteiger partial charge < -0.3 is 44.8 Å². The Balaban J connectivity index is 1.75. The van der Waals surface area contributed by atoms with Crippen molar-refractivity contribution in [3.8, 4) is 0 Å². The van der Waals surface area contributed by atoms with Crippen LogP contribution in [-0.4, -0.2) is 87.0 Å². The summed E-state index contributed by atoms with van der Waals surface area (Å²) in [4.78, 5) is 0. The third kappa shape index (κ3) is 2.98. The standard InChI is InChI=1S/C15H22O9/c16-4-6-3-8(18)7-1-2-22-14(10(6)7)24-15-13(21)12(20)11(19)9(5-17)23-15/h1-3,7-21H,4-5H2/t7?,8-,9-,10?,11-,12+,13-,14+,15+/m1/s1. The molecule has 0 radical (unpaired) electrons. The van der Waals surface area contributed by atoms with Gasteiger partial charge in [-0.1, -0.05) is 6.08 Å². The Hall–Kier alpha value is -1.04. The van der Waals surface area contributed by atoms with Crippen molar-refractivity contribution in [3.05, 3.63) is 24.0 Å². The third-order valence-electron chi connectivity index (χ3n) is 4.73. The first-order valence-corrected chi connectivity index (χ1v) is 7.75. The van der Waals surface area contributed by atoms with Crippen LogP contribution in [0.25, 0.3) is 0 Å². The topological polar surface area (TPSA) is 149 Å². The van der Waals surface area contributed by atoms with Crippen molar-refractivity contribution >= 4 is 0 Å². The van der Waals surface area contributed by atoms with Crippen LogP contribution in [0, 0.1) is 11.8 Å². The van der Waals surface area contributed by atoms with Gasteiger partial charge in [0.2, 0.25) is 6.29 Å². The molecule has 0 aromatic carbocycles. The molecule has 0 aromatic rings. The molecule has 0 saturated carbocycles. The zero-order valence-corrected chi connectivity index (χ0v) is 12.8. The molecule has 6 N–H and O–H groups in total. The minimum Gasteiger partial charge on any atom is -0.472 e. The summed E-state index contributed by atoms with van der Waals surface area (Å²) in [5.74, 6) is -0.835. The number of hydrogen-bond acceptors (Lipinski definition) is 9. The van der Waals surface area contributed by atoms with E-state index < -0.39 is 55.6 Å². The van der Waals surface area contributed by atoms with Crippen LogP contribution in [0.2, 0.25) is 0 Å². The Morgan fingerprint density at radius 2 is 1.75 bits per heavy atom. The average Bonchev–Trinajstić information content (AvgIpc) is 2.92. The molecule has 136 valence electrons. The van der Waals surface area contributed by atoms with Crippen molar-refractivity contribution in [3.63, 3.8) is 0 Å². The predicted molar refractivity (Wildman–Crippen MR) is 77.0 cm³/mol. The summed E-state index contributed by atoms with van der Waals surface area (Å²) in [6.45, 7) is -0.854. The lowest BCUT2D eigenvalue weighted by atomic mass is 9.88. The van der Waals surface area contributed by atoms with E-state index >= 15 is 0 Å². The molecule has 2 aliphatic heterocycles. The van der Waals surface area contributed by atoms with Crippen molar-refractivity contribution in [2.45, 2.75) is 43.1 Å². The SMILES string of the molecule is OCC1=C[C@@H](O)C2C=CO[C@@H](O[C@@H]3O[C@H](CO)[C@@H](O)[C@H](O)[C@H]3O)C12. The Morgan fingerprint density at radius 3 is 2.42 bits per heavy atom. The van der Waals surface area contributed by atoms with Crippen molar-refractivity contribution in [1.82, 2.24) is 0 Å². The Labute approximate surface area is 138 Å². The number of rotatable bonds is 4. The third-order valence-corrected chi connectivity index (χ3v) is 4.73. The number of ether oxygens (including phenoxy) is 3. The van der Waals surface area contributed by atoms with Crippen LogP contribution >= 0.6 is 0 Å². The molecule has 9 atom stereocenters. The summed E-state index contributed by atoms with van der Waals surface area (Å²) in [6, 6.07) is 0. The highest BCUT2D eigenvalue weighted by Gasteiger charge is 2.49. The molecule has 24 heavy (non-hydrogen) atoms. The van der Waals surface area contributed by atoms with Gasteiger partial charge in [0.15, 0.2) is 6.29 Å². The lowest BCUT2D eigenvalue weighted by molar-refractivity contribution is -0.339. The van der Waals surface area contributed by atoms with E-state index in [4.69, 9.17) is 14.2 Å². The Morgan fingerprint density at radius 1 is 1.00 bits per heavy atom. The van der Waals surface area contributed by atoms with Crippen molar-refractivity contribution in [2.24, 2.45) is 11.8 Å². The summed E-state index contributed by atoms with van der Waals surface area (Å²) in [7, 11) is 0. The van der Waals surface area contributed by atoms with Crippen LogP contribution in [0.3, 0.4) is 0 Å². The zero-order chi connectivity index (χ0) is 17.4. The van der Waals surface area contributed by atoms with Gasteiger partial charge in [0, 0.05) is 5.92 Å². The maximum Gasteiger partial charge on any atom is 0.209 e. The van der Waals surface area contributed by atoms with Crippen LogP contribution < -0.4 is 0 Å². The molecule has 9 nitrogen and oxygen atoms in total. The normalized spacial score (nSPS) is 47.9. The maximum absolute atomic E-state index is 10.0. The molecular weight excluding hydrogens is 324 g/mol. The van der Waals surface area contributed by atoms with Crippen molar-refractivity contribution in [1.29, 1.82) is 0 Å². The van der Waals surface area contributed by atoms with Crippen LogP contribution in [0.1, 0.15) is 0 Å². The first kappa shape index (κ1) is 17.8. The van der Waals surface area contributed by atoms with Gasteiger partial charge in [-0.05, 0) is 11.6 Å². The number of fused-ring (bicyclic) bond motifs is 1. The second kappa shape index (κ2) is 7.06. The minimum atomic E-state index is -1.56. The highest BCUT2D eigenvalue weighted by molar-refractivity contribution is 5.25. The first-order valence-electron chi connectivity index (χ1n) is 7.75. The van der Waals surface area contributed by atoms with Crippen LogP contribution in [0.4, 0.5) is 0 Å². The fourth-order valence-electron chi connectivity index (χ4n) is 3.38. The van der Waals surface area contributed by atoms with E-state index in [0.717, 1.165) is 0 Å². The van der Waals surface area contributed by atoms with Gasteiger partial charge in [0.05, 0.1) is 31.5 Å². The van der Waals surface area contributed by atoms with Gasteiger partial charge in [-0.2, -0.15) is 0 Å². The lowest BCUT2D eigenvalue weighted by Gasteiger charge is -2.42. The van der Waals surface area contributed by atoms with Gasteiger partial charge in [0.25, 0.3) is 0 Å². The molecule has 3 aliphatic rings. The van der Waals surface area contributed by atoms with E-state index in [9.17, 15) is 30.6 Å². The highest BCUT2D eigenvalue weighted by Crippen LogP contribution is 2.40. The van der Waals surface area contributed by atoms with Crippen molar-refractivity contribution < 1.29 is 44.8 Å². The minimum absolute atomic E-state index is 0.288. The number of aliphatic hydroxyl groups is 6. The van der Waals surface area contributed by atoms with Gasteiger partial charge in [-0.25, -0.2) is 0 Å². The second-order valence-corrected chi connectivity index (χ2v) is 6.16. The first-order chi connectivity index (χ1) is 11.5. The largest absolute Gasteiger partial charge is 0.472 e. The fourth-order valence-corrected chi connectivity index (χ4v) is 3.38. The average molecular weight is 346 g/mol. The van der Waals surface area contributed by atoms with Crippen LogP contribution in [0.5, 0.6) is 0 Å². The van der Waals surface area contributed by atoms with E-state index in [2.05, 4.69) is 0 Å². The number of hydrogen-bond donors (Lipinski definition) is 6. The Kier molecular flexibility index (Phi) is 5.23. The maximum atomic E-state index is 10.0. The summed E-state index contributed by atoms with van der Waals surface area (Å²) in [5, 5.41) is 58.3. The summed E-state index contributed by atoms with van der Waals surface area (Å²) in [5.41, 5.74) is 0.534. The Bertz CT molecular complexity index is 505. The van der Waals surface area contributed by atoms with E-state index in [1.54, 1.807) is 6.08 Å². The van der Waals surface area contributed by atoms with Crippen LogP contribution in [-0.2, 0) is 14.2 Å². The summed E-state index contributed by atoms with van der Waals surface area (Å²) >= 11 is 0. The summed E-state index contributed by atoms with van der Waals surface area (Å²) in [6.07, 6.45) is -4.27. The molecule has 1 saturated heterocycles. The monoisotopic (exact) mass is 346 g/mol. The predicted octanol–water partition coefficient (Wildman–Crippen LogP) is -2.80. The fraction of sp³-hybridized carbons (Fsp3) is 0.733. The summed E-state index contributed by atoms with van der Waals surface area (Å²) < 4.78 is 16.3. The zero-order valence-electron chi connectivity index (χ0n) is 12.8. The molecule has 1 aliphatic carbocycles. The molecule has 0 amide bonds. The second-order valence-electron chi connectivity index (χ2n) is 6.16. The van der Waals surface area contributed by atoms with Gasteiger partial charge in [-0.3, -0.25) is 0 Å². The molecule has 0 aromatic heterocycles. The molecule has 1 fully saturated rings. The molecular formula is C15H22O9. The molecule has 2 heterocycles. The van der Waals surface area contributed by atoms with E-state index in [-0.39, 0.29) is 12.5 Å². The number of aliphatic hydroxyl groups excluding tert-OH is 6. The molecule has 0 bridgehead atoms. The molecule has 9 heteroatoms. The van der Waals surface area contributed by atoms with Gasteiger partial charge in [0.1, 0.15) is 24.4 Å². The molecule has 3 rings (SSSR count). The molecule has 2 unspecified atom stereocenters. The van der Waals surface area contributed by atoms with E-state index in [1.807, 2.05) is 0 Å². The lowest BCUT2D eigenvalue weighted by Crippen LogP contribution is -2.60. The van der Waals surface area contributed by atoms with Crippen LogP contribution in [0.15, 0.2) is 24.0 Å². The quantitative estimate of drug-likeness (QED) is 0.297. The van der Waals surface area contributed by atoms with E-state index in [0.29, 0.717) is 5.57 Å². The van der Waals surface area contributed by atoms with Gasteiger partial charge >= 0.3 is 0 Å². The van der Waals surface area contributed by atoms with Crippen molar-refractivity contribution in [2.75, 3.05) is 13.2 Å².